The Bertz CT molecular complexity index is 929. The van der Waals surface area contributed by atoms with E-state index in [1.165, 1.54) is 21.3 Å². The van der Waals surface area contributed by atoms with E-state index in [9.17, 15) is 0 Å². The lowest BCUT2D eigenvalue weighted by molar-refractivity contribution is 0.888. The zero-order valence-electron chi connectivity index (χ0n) is 13.3. The second kappa shape index (κ2) is 5.89. The van der Waals surface area contributed by atoms with Gasteiger partial charge in [-0.15, -0.1) is 5.10 Å². The highest BCUT2D eigenvalue weighted by molar-refractivity contribution is 7.16. The number of hydrogen-bond acceptors (Lipinski definition) is 3. The van der Waals surface area contributed by atoms with Crippen molar-refractivity contribution < 1.29 is 0 Å². The minimum Gasteiger partial charge on any atom is -0.318 e. The Kier molecular flexibility index (Phi) is 3.94. The van der Waals surface area contributed by atoms with E-state index in [0.717, 1.165) is 16.1 Å². The molecule has 3 rings (SSSR count). The lowest BCUT2D eigenvalue weighted by Crippen LogP contribution is -2.09. The van der Waals surface area contributed by atoms with Crippen molar-refractivity contribution in [3.63, 3.8) is 0 Å². The summed E-state index contributed by atoms with van der Waals surface area (Å²) in [6.07, 6.45) is 0. The van der Waals surface area contributed by atoms with Crippen molar-refractivity contribution in [1.29, 1.82) is 0 Å². The molecule has 0 spiro atoms. The first kappa shape index (κ1) is 14.7. The Morgan fingerprint density at radius 3 is 2.55 bits per heavy atom. The summed E-state index contributed by atoms with van der Waals surface area (Å²) in [5.41, 5.74) is 5.81. The molecule has 0 bridgehead atoms. The van der Waals surface area contributed by atoms with Crippen LogP contribution in [0, 0.1) is 13.8 Å². The predicted octanol–water partition coefficient (Wildman–Crippen LogP) is 4.18. The molecule has 0 saturated carbocycles. The van der Waals surface area contributed by atoms with Gasteiger partial charge in [0.25, 0.3) is 0 Å². The van der Waals surface area contributed by atoms with Crippen molar-refractivity contribution >= 4 is 27.3 Å². The van der Waals surface area contributed by atoms with Gasteiger partial charge in [0.2, 0.25) is 4.80 Å². The second-order valence-corrected chi connectivity index (χ2v) is 6.50. The Labute approximate surface area is 134 Å². The minimum absolute atomic E-state index is 0.907. The van der Waals surface area contributed by atoms with Crippen LogP contribution in [-0.2, 0) is 7.05 Å². The molecule has 1 heterocycles. The predicted molar refractivity (Wildman–Crippen MR) is 94.5 cm³/mol. The first-order valence-corrected chi connectivity index (χ1v) is 8.08. The first-order valence-electron chi connectivity index (χ1n) is 7.27. The lowest BCUT2D eigenvalue weighted by atomic mass is 10.0. The van der Waals surface area contributed by atoms with E-state index >= 15 is 0 Å². The summed E-state index contributed by atoms with van der Waals surface area (Å²) in [5, 5.41) is 8.86. The van der Waals surface area contributed by atoms with Crippen molar-refractivity contribution in [3.8, 4) is 0 Å². The van der Waals surface area contributed by atoms with E-state index in [1.807, 2.05) is 26.1 Å². The fourth-order valence-electron chi connectivity index (χ4n) is 2.32. The van der Waals surface area contributed by atoms with Crippen LogP contribution in [0.1, 0.15) is 23.6 Å². The summed E-state index contributed by atoms with van der Waals surface area (Å²) in [6.45, 7) is 6.24. The van der Waals surface area contributed by atoms with Gasteiger partial charge in [-0.2, -0.15) is 5.10 Å². The molecule has 0 unspecified atom stereocenters. The summed E-state index contributed by atoms with van der Waals surface area (Å²) in [6, 6.07) is 14.7. The van der Waals surface area contributed by atoms with Crippen molar-refractivity contribution in [2.45, 2.75) is 20.8 Å². The van der Waals surface area contributed by atoms with Crippen molar-refractivity contribution in [2.24, 2.45) is 17.3 Å². The fraction of sp³-hybridized carbons (Fsp3) is 0.222. The molecular formula is C18H19N3S. The summed E-state index contributed by atoms with van der Waals surface area (Å²) in [4.78, 5) is 0.907. The molecule has 0 saturated heterocycles. The molecule has 3 nitrogen and oxygen atoms in total. The normalized spacial score (nSPS) is 13.1. The smallest absolute Gasteiger partial charge is 0.211 e. The number of thiazole rings is 1. The van der Waals surface area contributed by atoms with Gasteiger partial charge in [0.1, 0.15) is 0 Å². The molecule has 4 heteroatoms. The number of aryl methyl sites for hydroxylation is 3. The Morgan fingerprint density at radius 1 is 1.05 bits per heavy atom. The van der Waals surface area contributed by atoms with Crippen LogP contribution >= 0.6 is 11.3 Å². The monoisotopic (exact) mass is 309 g/mol. The van der Waals surface area contributed by atoms with Crippen LogP contribution < -0.4 is 4.80 Å². The Morgan fingerprint density at radius 2 is 1.82 bits per heavy atom. The van der Waals surface area contributed by atoms with E-state index in [1.54, 1.807) is 11.3 Å². The molecule has 0 aliphatic rings. The van der Waals surface area contributed by atoms with Crippen LogP contribution in [0.3, 0.4) is 0 Å². The topological polar surface area (TPSA) is 29.6 Å². The molecule has 112 valence electrons. The quantitative estimate of drug-likeness (QED) is 0.502. The summed E-state index contributed by atoms with van der Waals surface area (Å²) in [7, 11) is 2.03. The zero-order valence-corrected chi connectivity index (χ0v) is 14.1. The molecule has 0 fully saturated rings. The minimum atomic E-state index is 0.907. The van der Waals surface area contributed by atoms with Crippen LogP contribution in [-0.4, -0.2) is 10.3 Å². The number of nitrogens with zero attached hydrogens (tertiary/aromatic N) is 3. The van der Waals surface area contributed by atoms with E-state index < -0.39 is 0 Å². The van der Waals surface area contributed by atoms with Gasteiger partial charge in [0.15, 0.2) is 0 Å². The Hall–Kier alpha value is -2.20. The number of aromatic nitrogens is 1. The summed E-state index contributed by atoms with van der Waals surface area (Å²) >= 11 is 1.66. The molecule has 0 aliphatic carbocycles. The van der Waals surface area contributed by atoms with Gasteiger partial charge in [-0.25, -0.2) is 0 Å². The highest BCUT2D eigenvalue weighted by Gasteiger charge is 2.02. The number of rotatable bonds is 2. The van der Waals surface area contributed by atoms with E-state index in [-0.39, 0.29) is 0 Å². The first-order chi connectivity index (χ1) is 10.6. The lowest BCUT2D eigenvalue weighted by Gasteiger charge is -2.03. The van der Waals surface area contributed by atoms with Crippen LogP contribution in [0.15, 0.2) is 52.7 Å². The average molecular weight is 309 g/mol. The van der Waals surface area contributed by atoms with Gasteiger partial charge in [0.05, 0.1) is 15.9 Å². The van der Waals surface area contributed by atoms with Gasteiger partial charge in [0, 0.05) is 7.05 Å². The van der Waals surface area contributed by atoms with Gasteiger partial charge < -0.3 is 4.57 Å². The van der Waals surface area contributed by atoms with E-state index in [2.05, 4.69) is 58.9 Å². The van der Waals surface area contributed by atoms with E-state index in [0.29, 0.717) is 0 Å². The van der Waals surface area contributed by atoms with Gasteiger partial charge in [-0.3, -0.25) is 0 Å². The molecular weight excluding hydrogens is 290 g/mol. The maximum atomic E-state index is 4.44. The number of benzene rings is 2. The molecule has 0 amide bonds. The third kappa shape index (κ3) is 2.74. The van der Waals surface area contributed by atoms with Crippen LogP contribution in [0.4, 0.5) is 0 Å². The van der Waals surface area contributed by atoms with Gasteiger partial charge in [-0.05, 0) is 55.7 Å². The van der Waals surface area contributed by atoms with Crippen molar-refractivity contribution in [1.82, 2.24) is 4.57 Å². The molecule has 1 aromatic heterocycles. The highest BCUT2D eigenvalue weighted by atomic mass is 32.1. The van der Waals surface area contributed by atoms with E-state index in [4.69, 9.17) is 0 Å². The third-order valence-electron chi connectivity index (χ3n) is 3.93. The van der Waals surface area contributed by atoms with Crippen molar-refractivity contribution in [3.05, 3.63) is 64.0 Å². The van der Waals surface area contributed by atoms with Crippen LogP contribution in [0.5, 0.6) is 0 Å². The second-order valence-electron chi connectivity index (χ2n) is 5.50. The largest absolute Gasteiger partial charge is 0.318 e. The van der Waals surface area contributed by atoms with Gasteiger partial charge in [-0.1, -0.05) is 35.6 Å². The fourth-order valence-corrected chi connectivity index (χ4v) is 3.29. The average Bonchev–Trinajstić information content (AvgIpc) is 2.84. The molecule has 0 aliphatic heterocycles. The standard InChI is InChI=1S/C18H19N3S/c1-12-9-10-15(11-13(12)2)14(3)19-20-18-21(4)16-7-5-6-8-17(16)22-18/h5-11H,1-4H3/b19-14-,20-18+. The zero-order chi connectivity index (χ0) is 15.7. The van der Waals surface area contributed by atoms with Crippen LogP contribution in [0.25, 0.3) is 10.2 Å². The maximum Gasteiger partial charge on any atom is 0.211 e. The Balaban J connectivity index is 2.03. The SMILES string of the molecule is C/C(=N/N=c1/sc2ccccc2n1C)c1ccc(C)c(C)c1. The molecule has 0 N–H and O–H groups in total. The summed E-state index contributed by atoms with van der Waals surface area (Å²) in [5.74, 6) is 0. The number of hydrogen-bond donors (Lipinski definition) is 0. The van der Waals surface area contributed by atoms with Crippen LogP contribution in [0.2, 0.25) is 0 Å². The number of fused-ring (bicyclic) bond motifs is 1. The number of para-hydroxylation sites is 1. The maximum absolute atomic E-state index is 4.44. The molecule has 3 aromatic rings. The third-order valence-corrected chi connectivity index (χ3v) is 5.03. The van der Waals surface area contributed by atoms with Gasteiger partial charge >= 0.3 is 0 Å². The highest BCUT2D eigenvalue weighted by Crippen LogP contribution is 2.15. The molecule has 22 heavy (non-hydrogen) atoms. The molecule has 0 radical (unpaired) electrons. The molecule has 2 aromatic carbocycles. The molecule has 0 atom stereocenters. The summed E-state index contributed by atoms with van der Waals surface area (Å²) < 4.78 is 3.31. The van der Waals surface area contributed by atoms with Crippen molar-refractivity contribution in [2.75, 3.05) is 0 Å².